The van der Waals surface area contributed by atoms with Crippen molar-refractivity contribution in [3.05, 3.63) is 14.5 Å². The molecule has 1 aliphatic carbocycles. The maximum Gasteiger partial charge on any atom is 0.359 e. The van der Waals surface area contributed by atoms with Crippen molar-refractivity contribution in [1.82, 2.24) is 4.98 Å². The van der Waals surface area contributed by atoms with Gasteiger partial charge in [-0.15, -0.1) is 11.3 Å². The van der Waals surface area contributed by atoms with Gasteiger partial charge in [0.05, 0.1) is 11.6 Å². The lowest BCUT2D eigenvalue weighted by Crippen LogP contribution is -2.05. The van der Waals surface area contributed by atoms with Gasteiger partial charge in [0.15, 0.2) is 5.69 Å². The number of thiazole rings is 1. The zero-order valence-corrected chi connectivity index (χ0v) is 10.2. The molecule has 0 bridgehead atoms. The van der Waals surface area contributed by atoms with E-state index in [-0.39, 0.29) is 5.97 Å². The highest BCUT2D eigenvalue weighted by atomic mass is 79.9. The summed E-state index contributed by atoms with van der Waals surface area (Å²) in [4.78, 5) is 15.7. The van der Waals surface area contributed by atoms with Gasteiger partial charge in [-0.25, -0.2) is 9.78 Å². The molecule has 2 rings (SSSR count). The van der Waals surface area contributed by atoms with Gasteiger partial charge in [0, 0.05) is 5.92 Å². The van der Waals surface area contributed by atoms with Crippen LogP contribution in [0.3, 0.4) is 0 Å². The van der Waals surface area contributed by atoms with Crippen LogP contribution in [0.5, 0.6) is 0 Å². The third kappa shape index (κ3) is 1.98. The Morgan fingerprint density at radius 2 is 2.43 bits per heavy atom. The number of esters is 1. The molecule has 3 nitrogen and oxygen atoms in total. The molecule has 0 aromatic carbocycles. The van der Waals surface area contributed by atoms with Crippen LogP contribution in [-0.4, -0.2) is 17.6 Å². The Hall–Kier alpha value is -0.420. The first kappa shape index (κ1) is 10.1. The van der Waals surface area contributed by atoms with Gasteiger partial charge in [-0.3, -0.25) is 0 Å². The van der Waals surface area contributed by atoms with Crippen molar-refractivity contribution in [3.63, 3.8) is 0 Å². The van der Waals surface area contributed by atoms with Gasteiger partial charge in [0.1, 0.15) is 3.79 Å². The van der Waals surface area contributed by atoms with Crippen LogP contribution < -0.4 is 0 Å². The topological polar surface area (TPSA) is 39.2 Å². The standard InChI is InChI=1S/C9H10BrNO2S/c1-2-13-9(12)6-7(10)14-8(11-6)5-3-4-5/h5H,2-4H2,1H3. The number of halogens is 1. The highest BCUT2D eigenvalue weighted by molar-refractivity contribution is 9.11. The summed E-state index contributed by atoms with van der Waals surface area (Å²) in [6.07, 6.45) is 2.39. The van der Waals surface area contributed by atoms with Crippen LogP contribution >= 0.6 is 27.3 Å². The van der Waals surface area contributed by atoms with Gasteiger partial charge in [-0.05, 0) is 35.7 Å². The predicted molar refractivity (Wildman–Crippen MR) is 57.7 cm³/mol. The smallest absolute Gasteiger partial charge is 0.359 e. The molecule has 0 unspecified atom stereocenters. The van der Waals surface area contributed by atoms with Crippen LogP contribution in [-0.2, 0) is 4.74 Å². The van der Waals surface area contributed by atoms with E-state index < -0.39 is 0 Å². The first-order chi connectivity index (χ1) is 6.72. The Balaban J connectivity index is 2.19. The van der Waals surface area contributed by atoms with E-state index in [0.717, 1.165) is 8.79 Å². The van der Waals surface area contributed by atoms with Crippen molar-refractivity contribution < 1.29 is 9.53 Å². The molecule has 0 atom stereocenters. The highest BCUT2D eigenvalue weighted by Gasteiger charge is 2.29. The number of hydrogen-bond donors (Lipinski definition) is 0. The molecule has 1 aromatic heterocycles. The van der Waals surface area contributed by atoms with Crippen molar-refractivity contribution in [2.45, 2.75) is 25.7 Å². The average molecular weight is 276 g/mol. The monoisotopic (exact) mass is 275 g/mol. The van der Waals surface area contributed by atoms with Crippen molar-refractivity contribution >= 4 is 33.2 Å². The second-order valence-corrected chi connectivity index (χ2v) is 5.52. The molecule has 0 amide bonds. The van der Waals surface area contributed by atoms with E-state index in [1.54, 1.807) is 18.3 Å². The summed E-state index contributed by atoms with van der Waals surface area (Å²) in [5, 5.41) is 1.06. The molecule has 5 heteroatoms. The van der Waals surface area contributed by atoms with Crippen molar-refractivity contribution in [3.8, 4) is 0 Å². The first-order valence-electron chi connectivity index (χ1n) is 4.55. The number of nitrogens with zero attached hydrogens (tertiary/aromatic N) is 1. The Kier molecular flexibility index (Phi) is 2.88. The van der Waals surface area contributed by atoms with Crippen LogP contribution in [0.2, 0.25) is 0 Å². The lowest BCUT2D eigenvalue weighted by molar-refractivity contribution is 0.0519. The fourth-order valence-corrected chi connectivity index (χ4v) is 2.84. The fourth-order valence-electron chi connectivity index (χ4n) is 1.15. The minimum absolute atomic E-state index is 0.331. The van der Waals surface area contributed by atoms with Gasteiger partial charge in [0.2, 0.25) is 0 Å². The molecule has 0 spiro atoms. The van der Waals surface area contributed by atoms with E-state index in [9.17, 15) is 4.79 Å². The van der Waals surface area contributed by atoms with Gasteiger partial charge in [0.25, 0.3) is 0 Å². The molecule has 0 N–H and O–H groups in total. The second-order valence-electron chi connectivity index (χ2n) is 3.17. The van der Waals surface area contributed by atoms with Crippen LogP contribution in [0.15, 0.2) is 3.79 Å². The summed E-state index contributed by atoms with van der Waals surface area (Å²) < 4.78 is 5.69. The third-order valence-corrected chi connectivity index (χ3v) is 3.87. The van der Waals surface area contributed by atoms with Crippen LogP contribution in [0.4, 0.5) is 0 Å². The highest BCUT2D eigenvalue weighted by Crippen LogP contribution is 2.43. The molecule has 1 saturated carbocycles. The largest absolute Gasteiger partial charge is 0.461 e. The first-order valence-corrected chi connectivity index (χ1v) is 6.16. The number of ether oxygens (including phenoxy) is 1. The number of rotatable bonds is 3. The molecule has 1 heterocycles. The quantitative estimate of drug-likeness (QED) is 0.797. The van der Waals surface area contributed by atoms with Crippen LogP contribution in [0.25, 0.3) is 0 Å². The van der Waals surface area contributed by atoms with E-state index >= 15 is 0 Å². The Bertz CT molecular complexity index is 360. The Labute approximate surface area is 94.6 Å². The van der Waals surface area contributed by atoms with E-state index in [1.807, 2.05) is 0 Å². The summed E-state index contributed by atoms with van der Waals surface area (Å²) in [6, 6.07) is 0. The van der Waals surface area contributed by atoms with Crippen molar-refractivity contribution in [2.75, 3.05) is 6.61 Å². The number of hydrogen-bond acceptors (Lipinski definition) is 4. The van der Waals surface area contributed by atoms with E-state index in [0.29, 0.717) is 18.2 Å². The summed E-state index contributed by atoms with van der Waals surface area (Å²) in [6.45, 7) is 2.18. The molecule has 1 fully saturated rings. The van der Waals surface area contributed by atoms with Crippen LogP contribution in [0.1, 0.15) is 41.2 Å². The zero-order valence-electron chi connectivity index (χ0n) is 7.75. The molecule has 14 heavy (non-hydrogen) atoms. The Morgan fingerprint density at radius 3 is 3.00 bits per heavy atom. The number of carbonyl (C=O) groups excluding carboxylic acids is 1. The number of carbonyl (C=O) groups is 1. The lowest BCUT2D eigenvalue weighted by Gasteiger charge is -1.97. The average Bonchev–Trinajstić information content (AvgIpc) is 2.91. The molecule has 1 aromatic rings. The van der Waals surface area contributed by atoms with Gasteiger partial charge in [-0.2, -0.15) is 0 Å². The normalized spacial score (nSPS) is 15.6. The number of aromatic nitrogens is 1. The van der Waals surface area contributed by atoms with Crippen molar-refractivity contribution in [2.24, 2.45) is 0 Å². The van der Waals surface area contributed by atoms with Gasteiger partial charge in [-0.1, -0.05) is 0 Å². The van der Waals surface area contributed by atoms with E-state index in [4.69, 9.17) is 4.74 Å². The minimum Gasteiger partial charge on any atom is -0.461 e. The van der Waals surface area contributed by atoms with Gasteiger partial charge >= 0.3 is 5.97 Å². The SMILES string of the molecule is CCOC(=O)c1nc(C2CC2)sc1Br. The lowest BCUT2D eigenvalue weighted by atomic mass is 10.4. The van der Waals surface area contributed by atoms with Crippen LogP contribution in [0, 0.1) is 0 Å². The molecule has 0 saturated heterocycles. The predicted octanol–water partition coefficient (Wildman–Crippen LogP) is 2.96. The second kappa shape index (κ2) is 3.98. The minimum atomic E-state index is -0.331. The third-order valence-electron chi connectivity index (χ3n) is 2.00. The van der Waals surface area contributed by atoms with Gasteiger partial charge < -0.3 is 4.74 Å². The summed E-state index contributed by atoms with van der Waals surface area (Å²) >= 11 is 4.88. The molecule has 76 valence electrons. The zero-order chi connectivity index (χ0) is 10.1. The van der Waals surface area contributed by atoms with E-state index in [1.165, 1.54) is 12.8 Å². The van der Waals surface area contributed by atoms with E-state index in [2.05, 4.69) is 20.9 Å². The molecular weight excluding hydrogens is 266 g/mol. The van der Waals surface area contributed by atoms with Crippen molar-refractivity contribution in [1.29, 1.82) is 0 Å². The molecular formula is C9H10BrNO2S. The maximum absolute atomic E-state index is 11.4. The summed E-state index contributed by atoms with van der Waals surface area (Å²) in [7, 11) is 0. The Morgan fingerprint density at radius 1 is 1.71 bits per heavy atom. The summed E-state index contributed by atoms with van der Waals surface area (Å²) in [5.41, 5.74) is 0.429. The molecule has 0 aliphatic heterocycles. The maximum atomic E-state index is 11.4. The fraction of sp³-hybridized carbons (Fsp3) is 0.556. The summed E-state index contributed by atoms with van der Waals surface area (Å²) in [5.74, 6) is 0.252. The molecule has 0 radical (unpaired) electrons. The molecule has 1 aliphatic rings.